The maximum Gasteiger partial charge on any atom is 0.279 e. The molecule has 2 aromatic rings. The van der Waals surface area contributed by atoms with Crippen LogP contribution in [0.1, 0.15) is 50.6 Å². The van der Waals surface area contributed by atoms with Crippen molar-refractivity contribution in [3.63, 3.8) is 0 Å². The zero-order valence-electron chi connectivity index (χ0n) is 18.6. The molecule has 3 heterocycles. The Bertz CT molecular complexity index is 1130. The SMILES string of the molecule is CNS(=O)(=O)N1CCC(Nc2ncc3cc(CCO)c(=O)n(C4CCC[C@H]4C)c3n2)CC1. The third-order valence-electron chi connectivity index (χ3n) is 6.76. The summed E-state index contributed by atoms with van der Waals surface area (Å²) in [5.74, 6) is 0.825. The van der Waals surface area contributed by atoms with Crippen molar-refractivity contribution in [1.29, 1.82) is 0 Å². The Hall–Kier alpha value is -2.08. The van der Waals surface area contributed by atoms with Crippen molar-refractivity contribution in [2.24, 2.45) is 5.92 Å². The maximum absolute atomic E-state index is 13.3. The number of hydrogen-bond acceptors (Lipinski definition) is 7. The Morgan fingerprint density at radius 1 is 1.22 bits per heavy atom. The Labute approximate surface area is 188 Å². The topological polar surface area (TPSA) is 129 Å². The molecule has 1 aliphatic carbocycles. The molecule has 2 atom stereocenters. The Morgan fingerprint density at radius 2 is 1.97 bits per heavy atom. The molecule has 4 rings (SSSR count). The van der Waals surface area contributed by atoms with E-state index in [0.717, 1.165) is 24.6 Å². The van der Waals surface area contributed by atoms with Crippen LogP contribution in [-0.2, 0) is 16.6 Å². The van der Waals surface area contributed by atoms with Gasteiger partial charge in [0.15, 0.2) is 0 Å². The molecule has 10 nitrogen and oxygen atoms in total. The van der Waals surface area contributed by atoms with Gasteiger partial charge >= 0.3 is 0 Å². The number of aliphatic hydroxyl groups is 1. The Kier molecular flexibility index (Phi) is 6.80. The fourth-order valence-electron chi connectivity index (χ4n) is 4.92. The molecule has 1 aliphatic heterocycles. The second-order valence-electron chi connectivity index (χ2n) is 8.79. The molecule has 0 spiro atoms. The predicted molar refractivity (Wildman–Crippen MR) is 123 cm³/mol. The molecule has 2 fully saturated rings. The van der Waals surface area contributed by atoms with E-state index in [-0.39, 0.29) is 24.2 Å². The van der Waals surface area contributed by atoms with Gasteiger partial charge < -0.3 is 10.4 Å². The van der Waals surface area contributed by atoms with Crippen LogP contribution in [-0.4, -0.2) is 65.2 Å². The summed E-state index contributed by atoms with van der Waals surface area (Å²) in [5.41, 5.74) is 1.12. The summed E-state index contributed by atoms with van der Waals surface area (Å²) in [6.45, 7) is 2.93. The molecule has 0 radical (unpaired) electrons. The summed E-state index contributed by atoms with van der Waals surface area (Å²) in [5, 5.41) is 13.5. The molecular weight excluding hydrogens is 432 g/mol. The van der Waals surface area contributed by atoms with Crippen molar-refractivity contribution >= 4 is 27.2 Å². The van der Waals surface area contributed by atoms with Gasteiger partial charge in [0, 0.05) is 62.4 Å². The molecule has 1 saturated heterocycles. The summed E-state index contributed by atoms with van der Waals surface area (Å²) >= 11 is 0. The van der Waals surface area contributed by atoms with E-state index in [9.17, 15) is 18.3 Å². The van der Waals surface area contributed by atoms with E-state index in [2.05, 4.69) is 21.9 Å². The number of piperidine rings is 1. The normalized spacial score (nSPS) is 23.1. The Balaban J connectivity index is 1.62. The monoisotopic (exact) mass is 464 g/mol. The highest BCUT2D eigenvalue weighted by atomic mass is 32.2. The van der Waals surface area contributed by atoms with Crippen molar-refractivity contribution in [1.82, 2.24) is 23.6 Å². The van der Waals surface area contributed by atoms with Gasteiger partial charge in [0.1, 0.15) is 5.65 Å². The molecule has 3 N–H and O–H groups in total. The fraction of sp³-hybridized carbons (Fsp3) is 0.667. The lowest BCUT2D eigenvalue weighted by molar-refractivity contribution is 0.298. The highest BCUT2D eigenvalue weighted by Crippen LogP contribution is 2.36. The maximum atomic E-state index is 13.3. The van der Waals surface area contributed by atoms with E-state index in [1.165, 1.54) is 11.4 Å². The van der Waals surface area contributed by atoms with Crippen LogP contribution in [0.25, 0.3) is 11.0 Å². The van der Waals surface area contributed by atoms with Crippen LogP contribution < -0.4 is 15.6 Å². The summed E-state index contributed by atoms with van der Waals surface area (Å²) in [6.07, 6.45) is 6.41. The number of aromatic nitrogens is 3. The molecule has 2 aliphatic rings. The van der Waals surface area contributed by atoms with Crippen molar-refractivity contribution in [3.05, 3.63) is 28.2 Å². The summed E-state index contributed by atoms with van der Waals surface area (Å²) in [4.78, 5) is 22.5. The molecule has 176 valence electrons. The van der Waals surface area contributed by atoms with Gasteiger partial charge in [-0.25, -0.2) is 9.71 Å². The zero-order chi connectivity index (χ0) is 22.9. The number of nitrogens with zero attached hydrogens (tertiary/aromatic N) is 4. The molecule has 0 aromatic carbocycles. The predicted octanol–water partition coefficient (Wildman–Crippen LogP) is 1.03. The van der Waals surface area contributed by atoms with Crippen LogP contribution in [0.15, 0.2) is 17.1 Å². The smallest absolute Gasteiger partial charge is 0.279 e. The minimum Gasteiger partial charge on any atom is -0.396 e. The first-order valence-electron chi connectivity index (χ1n) is 11.3. The molecule has 1 saturated carbocycles. The van der Waals surface area contributed by atoms with Gasteiger partial charge in [0.05, 0.1) is 0 Å². The van der Waals surface area contributed by atoms with Crippen molar-refractivity contribution in [2.45, 2.75) is 57.5 Å². The van der Waals surface area contributed by atoms with Gasteiger partial charge in [-0.1, -0.05) is 13.3 Å². The van der Waals surface area contributed by atoms with Gasteiger partial charge in [0.2, 0.25) is 5.95 Å². The molecule has 0 bridgehead atoms. The van der Waals surface area contributed by atoms with Gasteiger partial charge in [-0.15, -0.1) is 0 Å². The first-order chi connectivity index (χ1) is 15.3. The van der Waals surface area contributed by atoms with E-state index in [1.54, 1.807) is 12.3 Å². The number of aliphatic hydroxyl groups excluding tert-OH is 1. The molecule has 1 unspecified atom stereocenters. The third kappa shape index (κ3) is 4.52. The van der Waals surface area contributed by atoms with Crippen LogP contribution in [0.2, 0.25) is 0 Å². The number of hydrogen-bond donors (Lipinski definition) is 3. The summed E-state index contributed by atoms with van der Waals surface area (Å²) in [6, 6.07) is 1.92. The van der Waals surface area contributed by atoms with Crippen molar-refractivity contribution < 1.29 is 13.5 Å². The van der Waals surface area contributed by atoms with Gasteiger partial charge in [-0.05, 0) is 37.7 Å². The lowest BCUT2D eigenvalue weighted by Crippen LogP contribution is -2.46. The van der Waals surface area contributed by atoms with Crippen molar-refractivity contribution in [2.75, 3.05) is 32.1 Å². The highest BCUT2D eigenvalue weighted by Gasteiger charge is 2.29. The summed E-state index contributed by atoms with van der Waals surface area (Å²) < 4.78 is 29.6. The van der Waals surface area contributed by atoms with E-state index in [1.807, 2.05) is 4.57 Å². The number of pyridine rings is 1. The van der Waals surface area contributed by atoms with Crippen LogP contribution in [0, 0.1) is 5.92 Å². The third-order valence-corrected chi connectivity index (χ3v) is 8.32. The number of rotatable bonds is 7. The van der Waals surface area contributed by atoms with Crippen LogP contribution >= 0.6 is 0 Å². The lowest BCUT2D eigenvalue weighted by Gasteiger charge is -2.31. The van der Waals surface area contributed by atoms with Crippen LogP contribution in [0.4, 0.5) is 5.95 Å². The summed E-state index contributed by atoms with van der Waals surface area (Å²) in [7, 11) is -2.00. The number of fused-ring (bicyclic) bond motifs is 1. The zero-order valence-corrected chi connectivity index (χ0v) is 19.4. The second kappa shape index (κ2) is 9.42. The van der Waals surface area contributed by atoms with Crippen molar-refractivity contribution in [3.8, 4) is 0 Å². The van der Waals surface area contributed by atoms with E-state index >= 15 is 0 Å². The molecular formula is C21H32N6O4S. The van der Waals surface area contributed by atoms with Gasteiger partial charge in [-0.3, -0.25) is 9.36 Å². The molecule has 32 heavy (non-hydrogen) atoms. The average Bonchev–Trinajstić information content (AvgIpc) is 3.20. The number of nitrogens with one attached hydrogen (secondary N) is 2. The van der Waals surface area contributed by atoms with E-state index < -0.39 is 10.2 Å². The van der Waals surface area contributed by atoms with Gasteiger partial charge in [-0.2, -0.15) is 17.7 Å². The highest BCUT2D eigenvalue weighted by molar-refractivity contribution is 7.87. The minimum atomic E-state index is -3.41. The average molecular weight is 465 g/mol. The molecule has 0 amide bonds. The minimum absolute atomic E-state index is 0.0509. The lowest BCUT2D eigenvalue weighted by atomic mass is 10.0. The standard InChI is InChI=1S/C21H32N6O4S/c1-14-4-3-5-18(14)27-19-16(12-15(8-11-28)20(27)29)13-23-21(25-19)24-17-6-9-26(10-7-17)32(30,31)22-2/h12-14,17-18,22,28H,3-11H2,1-2H3,(H,23,24,25)/t14-,18?/m1/s1. The fourth-order valence-corrected chi connectivity index (χ4v) is 5.87. The Morgan fingerprint density at radius 3 is 2.59 bits per heavy atom. The first-order valence-corrected chi connectivity index (χ1v) is 12.7. The van der Waals surface area contributed by atoms with E-state index in [4.69, 9.17) is 4.98 Å². The largest absolute Gasteiger partial charge is 0.396 e. The molecule has 2 aromatic heterocycles. The molecule has 11 heteroatoms. The van der Waals surface area contributed by atoms with Crippen LogP contribution in [0.5, 0.6) is 0 Å². The van der Waals surface area contributed by atoms with Gasteiger partial charge in [0.25, 0.3) is 15.8 Å². The quantitative estimate of drug-likeness (QED) is 0.558. The number of anilines is 1. The van der Waals surface area contributed by atoms with Crippen LogP contribution in [0.3, 0.4) is 0 Å². The van der Waals surface area contributed by atoms with E-state index in [0.29, 0.717) is 55.4 Å². The second-order valence-corrected chi connectivity index (χ2v) is 10.7. The first kappa shape index (κ1) is 23.1.